The summed E-state index contributed by atoms with van der Waals surface area (Å²) in [6.07, 6.45) is 1.11. The van der Waals surface area contributed by atoms with Crippen molar-refractivity contribution >= 4 is 27.6 Å². The molecule has 5 nitrogen and oxygen atoms in total. The average molecular weight is 353 g/mol. The lowest BCUT2D eigenvalue weighted by Crippen LogP contribution is -2.41. The highest BCUT2D eigenvalue weighted by molar-refractivity contribution is 9.10. The second-order valence-electron chi connectivity index (χ2n) is 5.24. The number of hydrogen-bond acceptors (Lipinski definition) is 5. The van der Waals surface area contributed by atoms with E-state index in [1.165, 1.54) is 11.3 Å². The number of nitrogens with zero attached hydrogens (tertiary/aromatic N) is 2. The average Bonchev–Trinajstić information content (AvgIpc) is 2.55. The molecule has 6 heteroatoms. The number of halogens is 1. The molecule has 2 aliphatic rings. The molecule has 1 aromatic carbocycles. The molecule has 0 aromatic heterocycles. The summed E-state index contributed by atoms with van der Waals surface area (Å²) in [4.78, 5) is 6.85. The van der Waals surface area contributed by atoms with Crippen LogP contribution in [0.2, 0.25) is 0 Å². The second-order valence-corrected chi connectivity index (χ2v) is 6.15. The van der Waals surface area contributed by atoms with Crippen molar-refractivity contribution in [1.82, 2.24) is 10.6 Å². The lowest BCUT2D eigenvalue weighted by atomic mass is 10.1. The number of benzene rings is 1. The number of aliphatic imine (C=N–C) groups is 1. The minimum absolute atomic E-state index is 0.784. The van der Waals surface area contributed by atoms with Gasteiger partial charge in [0.15, 0.2) is 5.96 Å². The Bertz CT molecular complexity index is 514. The summed E-state index contributed by atoms with van der Waals surface area (Å²) in [7, 11) is 0. The quantitative estimate of drug-likeness (QED) is 0.869. The van der Waals surface area contributed by atoms with Gasteiger partial charge in [0, 0.05) is 42.9 Å². The fraction of sp³-hybridized carbons (Fsp3) is 0.533. The van der Waals surface area contributed by atoms with E-state index in [0.717, 1.165) is 62.8 Å². The van der Waals surface area contributed by atoms with E-state index in [1.54, 1.807) is 0 Å². The molecule has 1 saturated heterocycles. The number of nitrogens with one attached hydrogen (secondary N) is 2. The zero-order valence-corrected chi connectivity index (χ0v) is 13.7. The predicted molar refractivity (Wildman–Crippen MR) is 88.9 cm³/mol. The molecule has 0 saturated carbocycles. The number of hydrogen-bond donors (Lipinski definition) is 2. The third kappa shape index (κ3) is 3.89. The monoisotopic (exact) mass is 352 g/mol. The minimum atomic E-state index is 0.784. The van der Waals surface area contributed by atoms with Crippen molar-refractivity contribution in [2.75, 3.05) is 44.3 Å². The largest absolute Gasteiger partial charge is 0.378 e. The summed E-state index contributed by atoms with van der Waals surface area (Å²) in [6, 6.07) is 6.46. The third-order valence-electron chi connectivity index (χ3n) is 3.74. The summed E-state index contributed by atoms with van der Waals surface area (Å²) < 4.78 is 6.56. The molecule has 0 atom stereocenters. The molecule has 1 fully saturated rings. The lowest BCUT2D eigenvalue weighted by Gasteiger charge is -2.31. The van der Waals surface area contributed by atoms with Crippen LogP contribution in [0.25, 0.3) is 0 Å². The van der Waals surface area contributed by atoms with Gasteiger partial charge < -0.3 is 20.3 Å². The molecular formula is C15H21BrN4O. The van der Waals surface area contributed by atoms with Crippen LogP contribution in [0.4, 0.5) is 5.69 Å². The molecular weight excluding hydrogens is 332 g/mol. The molecule has 0 amide bonds. The molecule has 0 spiro atoms. The van der Waals surface area contributed by atoms with Gasteiger partial charge in [0.05, 0.1) is 13.2 Å². The van der Waals surface area contributed by atoms with E-state index in [9.17, 15) is 0 Å². The second kappa shape index (κ2) is 7.13. The Labute approximate surface area is 133 Å². The Hall–Kier alpha value is -1.27. The maximum atomic E-state index is 5.45. The predicted octanol–water partition coefficient (Wildman–Crippen LogP) is 1.72. The maximum Gasteiger partial charge on any atom is 0.191 e. The van der Waals surface area contributed by atoms with Crippen molar-refractivity contribution in [1.29, 1.82) is 0 Å². The Kier molecular flexibility index (Phi) is 4.98. The zero-order valence-electron chi connectivity index (χ0n) is 12.1. The van der Waals surface area contributed by atoms with Crippen molar-refractivity contribution in [2.24, 2.45) is 4.99 Å². The number of ether oxygens (including phenoxy) is 1. The Balaban J connectivity index is 1.72. The van der Waals surface area contributed by atoms with Crippen molar-refractivity contribution in [3.63, 3.8) is 0 Å². The standard InChI is InChI=1S/C15H21BrN4O/c16-13-3-2-12(11-19-15-17-4-1-5-18-15)14(10-13)20-6-8-21-9-7-20/h2-3,10H,1,4-9,11H2,(H2,17,18,19). The smallest absolute Gasteiger partial charge is 0.191 e. The number of morpholine rings is 1. The van der Waals surface area contributed by atoms with Crippen LogP contribution in [0.5, 0.6) is 0 Å². The molecule has 1 aromatic rings. The summed E-state index contributed by atoms with van der Waals surface area (Å²) in [6.45, 7) is 6.19. The van der Waals surface area contributed by atoms with Crippen LogP contribution in [0.15, 0.2) is 27.7 Å². The molecule has 2 N–H and O–H groups in total. The van der Waals surface area contributed by atoms with Gasteiger partial charge in [0.2, 0.25) is 0 Å². The third-order valence-corrected chi connectivity index (χ3v) is 4.24. The van der Waals surface area contributed by atoms with Crippen LogP contribution in [0.3, 0.4) is 0 Å². The van der Waals surface area contributed by atoms with Crippen LogP contribution in [0, 0.1) is 0 Å². The first-order chi connectivity index (χ1) is 10.3. The van der Waals surface area contributed by atoms with Crippen LogP contribution >= 0.6 is 15.9 Å². The summed E-state index contributed by atoms with van der Waals surface area (Å²) >= 11 is 3.58. The fourth-order valence-electron chi connectivity index (χ4n) is 2.62. The van der Waals surface area contributed by atoms with Crippen molar-refractivity contribution in [3.8, 4) is 0 Å². The van der Waals surface area contributed by atoms with Crippen molar-refractivity contribution < 1.29 is 4.74 Å². The van der Waals surface area contributed by atoms with Gasteiger partial charge in [0.1, 0.15) is 0 Å². The molecule has 2 heterocycles. The molecule has 0 radical (unpaired) electrons. The number of guanidine groups is 1. The van der Waals surface area contributed by atoms with Gasteiger partial charge in [-0.2, -0.15) is 0 Å². The van der Waals surface area contributed by atoms with Crippen LogP contribution < -0.4 is 15.5 Å². The van der Waals surface area contributed by atoms with E-state index in [0.29, 0.717) is 0 Å². The first-order valence-electron chi connectivity index (χ1n) is 7.46. The summed E-state index contributed by atoms with van der Waals surface area (Å²) in [5.74, 6) is 0.914. The molecule has 2 aliphatic heterocycles. The molecule has 0 aliphatic carbocycles. The molecule has 114 valence electrons. The van der Waals surface area contributed by atoms with Crippen LogP contribution in [-0.2, 0) is 11.3 Å². The maximum absolute atomic E-state index is 5.45. The van der Waals surface area contributed by atoms with E-state index in [1.807, 2.05) is 0 Å². The SMILES string of the molecule is Brc1ccc(CNC2=NCCCN2)c(N2CCOCC2)c1. The van der Waals surface area contributed by atoms with Gasteiger partial charge in [-0.15, -0.1) is 0 Å². The fourth-order valence-corrected chi connectivity index (χ4v) is 2.96. The van der Waals surface area contributed by atoms with Gasteiger partial charge in [-0.1, -0.05) is 22.0 Å². The van der Waals surface area contributed by atoms with E-state index >= 15 is 0 Å². The van der Waals surface area contributed by atoms with Crippen molar-refractivity contribution in [2.45, 2.75) is 13.0 Å². The van der Waals surface area contributed by atoms with Crippen LogP contribution in [-0.4, -0.2) is 45.4 Å². The topological polar surface area (TPSA) is 48.9 Å². The van der Waals surface area contributed by atoms with Crippen molar-refractivity contribution in [3.05, 3.63) is 28.2 Å². The molecule has 3 rings (SSSR count). The first kappa shape index (κ1) is 14.7. The summed E-state index contributed by atoms with van der Waals surface area (Å²) in [5.41, 5.74) is 2.56. The van der Waals surface area contributed by atoms with Gasteiger partial charge in [-0.05, 0) is 24.1 Å². The van der Waals surface area contributed by atoms with Crippen LogP contribution in [0.1, 0.15) is 12.0 Å². The Morgan fingerprint density at radius 2 is 2.19 bits per heavy atom. The Morgan fingerprint density at radius 1 is 1.33 bits per heavy atom. The van der Waals surface area contributed by atoms with Gasteiger partial charge in [-0.3, -0.25) is 4.99 Å². The zero-order chi connectivity index (χ0) is 14.5. The molecule has 21 heavy (non-hydrogen) atoms. The minimum Gasteiger partial charge on any atom is -0.378 e. The van der Waals surface area contributed by atoms with E-state index in [4.69, 9.17) is 4.74 Å². The van der Waals surface area contributed by atoms with Gasteiger partial charge in [0.25, 0.3) is 0 Å². The molecule has 0 unspecified atom stereocenters. The lowest BCUT2D eigenvalue weighted by molar-refractivity contribution is 0.122. The van der Waals surface area contributed by atoms with E-state index in [2.05, 4.69) is 54.7 Å². The number of rotatable bonds is 3. The highest BCUT2D eigenvalue weighted by Crippen LogP contribution is 2.26. The normalized spacial score (nSPS) is 18.9. The van der Waals surface area contributed by atoms with E-state index in [-0.39, 0.29) is 0 Å². The number of anilines is 1. The van der Waals surface area contributed by atoms with Gasteiger partial charge in [-0.25, -0.2) is 0 Å². The Morgan fingerprint density at radius 3 is 2.95 bits per heavy atom. The highest BCUT2D eigenvalue weighted by atomic mass is 79.9. The summed E-state index contributed by atoms with van der Waals surface area (Å²) in [5, 5.41) is 6.70. The molecule has 0 bridgehead atoms. The van der Waals surface area contributed by atoms with Gasteiger partial charge >= 0.3 is 0 Å². The highest BCUT2D eigenvalue weighted by Gasteiger charge is 2.15. The van der Waals surface area contributed by atoms with E-state index < -0.39 is 0 Å². The first-order valence-corrected chi connectivity index (χ1v) is 8.25.